The summed E-state index contributed by atoms with van der Waals surface area (Å²) in [6.07, 6.45) is 2.20. The molecule has 1 aromatic rings. The van der Waals surface area contributed by atoms with Crippen LogP contribution in [0.2, 0.25) is 0 Å². The molecule has 28 heavy (non-hydrogen) atoms. The average molecular weight is 396 g/mol. The number of aliphatic hydroxyl groups is 1. The molecule has 0 spiro atoms. The third kappa shape index (κ3) is 4.63. The molecule has 1 aromatic carbocycles. The van der Waals surface area contributed by atoms with E-state index in [1.165, 1.54) is 6.07 Å². The van der Waals surface area contributed by atoms with Crippen molar-refractivity contribution >= 4 is 6.09 Å². The SMILES string of the molecule is CN(C[C@H](O)c1ccc(F)cc1F)C1C[C@H]2CC[C@@H](C1)N2C(=O)OC(C)(C)C. The van der Waals surface area contributed by atoms with Gasteiger partial charge in [-0.05, 0) is 59.6 Å². The van der Waals surface area contributed by atoms with Crippen LogP contribution in [0.5, 0.6) is 0 Å². The lowest BCUT2D eigenvalue weighted by atomic mass is 9.96. The predicted molar refractivity (Wildman–Crippen MR) is 102 cm³/mol. The van der Waals surface area contributed by atoms with E-state index in [4.69, 9.17) is 4.74 Å². The Morgan fingerprint density at radius 1 is 1.29 bits per heavy atom. The van der Waals surface area contributed by atoms with Gasteiger partial charge in [0.25, 0.3) is 0 Å². The van der Waals surface area contributed by atoms with Gasteiger partial charge in [-0.2, -0.15) is 0 Å². The molecule has 5 nitrogen and oxygen atoms in total. The standard InChI is InChI=1S/C21H30F2N2O3/c1-21(2,3)28-20(27)25-14-6-7-15(25)11-16(10-14)24(4)12-19(26)17-8-5-13(22)9-18(17)23/h5,8-9,14-16,19,26H,6-7,10-12H2,1-4H3/t14-,15+,16?,19-/m0/s1. The molecule has 156 valence electrons. The summed E-state index contributed by atoms with van der Waals surface area (Å²) in [5.41, 5.74) is -0.421. The lowest BCUT2D eigenvalue weighted by Crippen LogP contribution is -2.53. The van der Waals surface area contributed by atoms with Crippen LogP contribution in [-0.4, -0.2) is 58.3 Å². The fourth-order valence-corrected chi connectivity index (χ4v) is 4.41. The summed E-state index contributed by atoms with van der Waals surface area (Å²) in [5.74, 6) is -1.39. The van der Waals surface area contributed by atoms with E-state index in [1.807, 2.05) is 37.6 Å². The smallest absolute Gasteiger partial charge is 0.410 e. The third-order valence-corrected chi connectivity index (χ3v) is 5.72. The maximum absolute atomic E-state index is 13.9. The molecule has 1 unspecified atom stereocenters. The molecule has 3 rings (SSSR count). The predicted octanol–water partition coefficient (Wildman–Crippen LogP) is 3.86. The topological polar surface area (TPSA) is 53.0 Å². The number of piperidine rings is 1. The van der Waals surface area contributed by atoms with Gasteiger partial charge < -0.3 is 19.6 Å². The summed E-state index contributed by atoms with van der Waals surface area (Å²) in [6, 6.07) is 3.67. The summed E-state index contributed by atoms with van der Waals surface area (Å²) in [5, 5.41) is 10.4. The highest BCUT2D eigenvalue weighted by molar-refractivity contribution is 5.69. The first-order valence-corrected chi connectivity index (χ1v) is 9.89. The number of carbonyl (C=O) groups excluding carboxylic acids is 1. The molecule has 2 bridgehead atoms. The van der Waals surface area contributed by atoms with Gasteiger partial charge in [0.1, 0.15) is 17.2 Å². The highest BCUT2D eigenvalue weighted by atomic mass is 19.1. The molecule has 2 heterocycles. The molecular weight excluding hydrogens is 366 g/mol. The number of nitrogens with zero attached hydrogens (tertiary/aromatic N) is 2. The molecule has 4 atom stereocenters. The lowest BCUT2D eigenvalue weighted by molar-refractivity contribution is -0.00600. The van der Waals surface area contributed by atoms with E-state index >= 15 is 0 Å². The van der Waals surface area contributed by atoms with E-state index in [0.717, 1.165) is 37.8 Å². The van der Waals surface area contributed by atoms with Crippen molar-refractivity contribution in [3.05, 3.63) is 35.4 Å². The first kappa shape index (κ1) is 21.0. The van der Waals surface area contributed by atoms with Crippen LogP contribution < -0.4 is 0 Å². The van der Waals surface area contributed by atoms with Crippen LogP contribution in [0.1, 0.15) is 58.1 Å². The van der Waals surface area contributed by atoms with E-state index in [9.17, 15) is 18.7 Å². The second-order valence-corrected chi connectivity index (χ2v) is 9.02. The highest BCUT2D eigenvalue weighted by Crippen LogP contribution is 2.38. The fraction of sp³-hybridized carbons (Fsp3) is 0.667. The molecule has 0 radical (unpaired) electrons. The van der Waals surface area contributed by atoms with Gasteiger partial charge in [-0.1, -0.05) is 6.07 Å². The maximum Gasteiger partial charge on any atom is 0.410 e. The number of rotatable bonds is 4. The van der Waals surface area contributed by atoms with Gasteiger partial charge in [0, 0.05) is 36.3 Å². The Bertz CT molecular complexity index is 708. The molecule has 0 aromatic heterocycles. The van der Waals surface area contributed by atoms with Crippen LogP contribution in [0.25, 0.3) is 0 Å². The number of likely N-dealkylation sites (N-methyl/N-ethyl adjacent to an activating group) is 1. The zero-order valence-electron chi connectivity index (χ0n) is 17.0. The van der Waals surface area contributed by atoms with Crippen molar-refractivity contribution in [3.63, 3.8) is 0 Å². The van der Waals surface area contributed by atoms with Crippen LogP contribution in [0.4, 0.5) is 13.6 Å². The number of hydrogen-bond acceptors (Lipinski definition) is 4. The van der Waals surface area contributed by atoms with Gasteiger partial charge in [0.05, 0.1) is 6.10 Å². The van der Waals surface area contributed by atoms with Crippen LogP contribution in [-0.2, 0) is 4.74 Å². The normalized spacial score (nSPS) is 25.9. The molecule has 1 N–H and O–H groups in total. The molecule has 2 saturated heterocycles. The molecule has 7 heteroatoms. The molecule has 1 amide bonds. The van der Waals surface area contributed by atoms with Crippen LogP contribution in [0.15, 0.2) is 18.2 Å². The maximum atomic E-state index is 13.9. The van der Waals surface area contributed by atoms with E-state index in [-0.39, 0.29) is 36.3 Å². The quantitative estimate of drug-likeness (QED) is 0.840. The van der Waals surface area contributed by atoms with Gasteiger partial charge in [0.2, 0.25) is 0 Å². The summed E-state index contributed by atoms with van der Waals surface area (Å²) in [7, 11) is 1.90. The Kier molecular flexibility index (Phi) is 5.96. The fourth-order valence-electron chi connectivity index (χ4n) is 4.41. The summed E-state index contributed by atoms with van der Waals surface area (Å²) >= 11 is 0. The Morgan fingerprint density at radius 2 is 1.89 bits per heavy atom. The third-order valence-electron chi connectivity index (χ3n) is 5.72. The Balaban J connectivity index is 1.61. The zero-order valence-corrected chi connectivity index (χ0v) is 17.0. The van der Waals surface area contributed by atoms with Crippen molar-refractivity contribution in [1.29, 1.82) is 0 Å². The number of ether oxygens (including phenoxy) is 1. The summed E-state index contributed by atoms with van der Waals surface area (Å²) in [4.78, 5) is 16.5. The van der Waals surface area contributed by atoms with E-state index in [1.54, 1.807) is 0 Å². The first-order chi connectivity index (χ1) is 13.0. The van der Waals surface area contributed by atoms with Crippen molar-refractivity contribution in [2.75, 3.05) is 13.6 Å². The summed E-state index contributed by atoms with van der Waals surface area (Å²) < 4.78 is 32.6. The Morgan fingerprint density at radius 3 is 2.43 bits per heavy atom. The van der Waals surface area contributed by atoms with Crippen molar-refractivity contribution in [2.24, 2.45) is 0 Å². The Hall–Kier alpha value is -1.73. The molecule has 2 aliphatic heterocycles. The van der Waals surface area contributed by atoms with Crippen molar-refractivity contribution in [2.45, 2.75) is 76.3 Å². The number of fused-ring (bicyclic) bond motifs is 2. The minimum absolute atomic E-state index is 0.0995. The first-order valence-electron chi connectivity index (χ1n) is 9.89. The van der Waals surface area contributed by atoms with Gasteiger partial charge in [-0.15, -0.1) is 0 Å². The number of benzene rings is 1. The Labute approximate surface area is 165 Å². The van der Waals surface area contributed by atoms with Gasteiger partial charge >= 0.3 is 6.09 Å². The minimum atomic E-state index is -1.04. The van der Waals surface area contributed by atoms with Gasteiger partial charge in [0.15, 0.2) is 0 Å². The van der Waals surface area contributed by atoms with Crippen molar-refractivity contribution in [1.82, 2.24) is 9.80 Å². The van der Waals surface area contributed by atoms with Gasteiger partial charge in [-0.3, -0.25) is 0 Å². The number of carbonyl (C=O) groups is 1. The molecular formula is C21H30F2N2O3. The molecule has 0 saturated carbocycles. The monoisotopic (exact) mass is 396 g/mol. The molecule has 2 fully saturated rings. The van der Waals surface area contributed by atoms with Gasteiger partial charge in [-0.25, -0.2) is 13.6 Å². The zero-order chi connectivity index (χ0) is 20.6. The second kappa shape index (κ2) is 7.95. The highest BCUT2D eigenvalue weighted by Gasteiger charge is 2.45. The van der Waals surface area contributed by atoms with Crippen molar-refractivity contribution < 1.29 is 23.4 Å². The number of halogens is 2. The van der Waals surface area contributed by atoms with Crippen LogP contribution in [0, 0.1) is 11.6 Å². The van der Waals surface area contributed by atoms with Crippen LogP contribution in [0.3, 0.4) is 0 Å². The lowest BCUT2D eigenvalue weighted by Gasteiger charge is -2.42. The average Bonchev–Trinajstić information content (AvgIpc) is 2.83. The van der Waals surface area contributed by atoms with Crippen molar-refractivity contribution in [3.8, 4) is 0 Å². The van der Waals surface area contributed by atoms with E-state index < -0.39 is 23.3 Å². The number of amides is 1. The minimum Gasteiger partial charge on any atom is -0.444 e. The van der Waals surface area contributed by atoms with E-state index in [2.05, 4.69) is 0 Å². The number of hydrogen-bond donors (Lipinski definition) is 1. The van der Waals surface area contributed by atoms with E-state index in [0.29, 0.717) is 0 Å². The largest absolute Gasteiger partial charge is 0.444 e. The second-order valence-electron chi connectivity index (χ2n) is 9.02. The molecule has 0 aliphatic carbocycles. The summed E-state index contributed by atoms with van der Waals surface area (Å²) in [6.45, 7) is 5.84. The molecule has 2 aliphatic rings. The van der Waals surface area contributed by atoms with Crippen LogP contribution >= 0.6 is 0 Å². The number of aliphatic hydroxyl groups excluding tert-OH is 1.